The summed E-state index contributed by atoms with van der Waals surface area (Å²) in [4.78, 5) is 17.9. The van der Waals surface area contributed by atoms with Crippen molar-refractivity contribution in [2.45, 2.75) is 64.9 Å². The average Bonchev–Trinajstić information content (AvgIpc) is 3.32. The number of hydrogen-bond acceptors (Lipinski definition) is 9. The van der Waals surface area contributed by atoms with Gasteiger partial charge in [-0.1, -0.05) is 24.3 Å². The molecule has 0 radical (unpaired) electrons. The fourth-order valence-electron chi connectivity index (χ4n) is 3.84. The predicted octanol–water partition coefficient (Wildman–Crippen LogP) is 5.28. The zero-order valence-corrected chi connectivity index (χ0v) is 23.8. The van der Waals surface area contributed by atoms with Gasteiger partial charge in [-0.05, 0) is 58.1 Å². The molecular formula is C28H42N2O7S. The summed E-state index contributed by atoms with van der Waals surface area (Å²) in [5.41, 5.74) is 4.28. The highest BCUT2D eigenvalue weighted by molar-refractivity contribution is 7.13. The lowest BCUT2D eigenvalue weighted by atomic mass is 10.0. The van der Waals surface area contributed by atoms with E-state index in [-0.39, 0.29) is 12.3 Å². The van der Waals surface area contributed by atoms with E-state index in [0.717, 1.165) is 47.6 Å². The van der Waals surface area contributed by atoms with E-state index in [0.29, 0.717) is 46.2 Å². The SMILES string of the molecule is Cc1ncsc1-c1ccc(C(COCCOCCOCCOC2CCCCO2)NC(=O)OC(C)(C)C)cc1. The number of hydrogen-bond donors (Lipinski definition) is 1. The minimum atomic E-state index is -0.589. The zero-order chi connectivity index (χ0) is 27.2. The molecule has 1 amide bonds. The number of carbonyl (C=O) groups excluding carboxylic acids is 1. The molecule has 1 aliphatic heterocycles. The molecule has 38 heavy (non-hydrogen) atoms. The summed E-state index contributed by atoms with van der Waals surface area (Å²) >= 11 is 1.61. The second kappa shape index (κ2) is 16.1. The van der Waals surface area contributed by atoms with Crippen LogP contribution in [-0.4, -0.2) is 75.8 Å². The van der Waals surface area contributed by atoms with E-state index < -0.39 is 11.7 Å². The number of alkyl carbamates (subject to hydrolysis) is 1. The Morgan fingerprint density at radius 2 is 1.74 bits per heavy atom. The molecule has 2 unspecified atom stereocenters. The van der Waals surface area contributed by atoms with Gasteiger partial charge < -0.3 is 33.7 Å². The molecule has 1 N–H and O–H groups in total. The average molecular weight is 551 g/mol. The first-order valence-corrected chi connectivity index (χ1v) is 14.2. The van der Waals surface area contributed by atoms with Crippen molar-refractivity contribution in [1.82, 2.24) is 10.3 Å². The van der Waals surface area contributed by atoms with Crippen LogP contribution >= 0.6 is 11.3 Å². The van der Waals surface area contributed by atoms with Crippen molar-refractivity contribution >= 4 is 17.4 Å². The van der Waals surface area contributed by atoms with Crippen molar-refractivity contribution in [2.24, 2.45) is 0 Å². The fraction of sp³-hybridized carbons (Fsp3) is 0.643. The van der Waals surface area contributed by atoms with E-state index >= 15 is 0 Å². The number of benzene rings is 1. The minimum absolute atomic E-state index is 0.0881. The second-order valence-corrected chi connectivity index (χ2v) is 10.9. The largest absolute Gasteiger partial charge is 0.444 e. The van der Waals surface area contributed by atoms with Gasteiger partial charge >= 0.3 is 6.09 Å². The third kappa shape index (κ3) is 11.3. The minimum Gasteiger partial charge on any atom is -0.444 e. The Kier molecular flexibility index (Phi) is 12.9. The molecular weight excluding hydrogens is 508 g/mol. The lowest BCUT2D eigenvalue weighted by Crippen LogP contribution is -2.36. The number of carbonyl (C=O) groups is 1. The van der Waals surface area contributed by atoms with Crippen molar-refractivity contribution in [3.8, 4) is 10.4 Å². The molecule has 2 heterocycles. The fourth-order valence-corrected chi connectivity index (χ4v) is 4.65. The van der Waals surface area contributed by atoms with Gasteiger partial charge in [0.05, 0.1) is 68.4 Å². The van der Waals surface area contributed by atoms with Gasteiger partial charge in [0.1, 0.15) is 5.60 Å². The molecule has 1 aromatic heterocycles. The molecule has 0 bridgehead atoms. The number of amides is 1. The molecule has 0 saturated carbocycles. The first-order valence-electron chi connectivity index (χ1n) is 13.3. The van der Waals surface area contributed by atoms with Gasteiger partial charge in [-0.15, -0.1) is 11.3 Å². The lowest BCUT2D eigenvalue weighted by Gasteiger charge is -2.24. The summed E-state index contributed by atoms with van der Waals surface area (Å²) in [7, 11) is 0. The van der Waals surface area contributed by atoms with Crippen molar-refractivity contribution in [3.05, 3.63) is 41.0 Å². The topological polar surface area (TPSA) is 97.4 Å². The molecule has 1 saturated heterocycles. The summed E-state index contributed by atoms with van der Waals surface area (Å²) in [5.74, 6) is 0. The van der Waals surface area contributed by atoms with E-state index in [1.54, 1.807) is 11.3 Å². The van der Waals surface area contributed by atoms with E-state index in [1.165, 1.54) is 0 Å². The quantitative estimate of drug-likeness (QED) is 0.299. The third-order valence-electron chi connectivity index (χ3n) is 5.71. The maximum Gasteiger partial charge on any atom is 0.408 e. The maximum absolute atomic E-state index is 12.5. The Bertz CT molecular complexity index is 939. The van der Waals surface area contributed by atoms with Crippen LogP contribution in [0.3, 0.4) is 0 Å². The Labute approximate surface area is 230 Å². The molecule has 2 atom stereocenters. The van der Waals surface area contributed by atoms with Gasteiger partial charge in [-0.2, -0.15) is 0 Å². The normalized spacial score (nSPS) is 16.8. The van der Waals surface area contributed by atoms with Crippen LogP contribution in [0, 0.1) is 6.92 Å². The highest BCUT2D eigenvalue weighted by Gasteiger charge is 2.21. The molecule has 2 aromatic rings. The number of thiazole rings is 1. The highest BCUT2D eigenvalue weighted by atomic mass is 32.1. The number of aryl methyl sites for hydroxylation is 1. The van der Waals surface area contributed by atoms with Crippen LogP contribution < -0.4 is 5.32 Å². The summed E-state index contributed by atoms with van der Waals surface area (Å²) in [6, 6.07) is 7.71. The Morgan fingerprint density at radius 3 is 2.34 bits per heavy atom. The number of ether oxygens (including phenoxy) is 6. The Balaban J connectivity index is 1.36. The molecule has 1 aromatic carbocycles. The maximum atomic E-state index is 12.5. The van der Waals surface area contributed by atoms with E-state index in [4.69, 9.17) is 28.4 Å². The van der Waals surface area contributed by atoms with Crippen molar-refractivity contribution in [3.63, 3.8) is 0 Å². The van der Waals surface area contributed by atoms with Gasteiger partial charge in [0, 0.05) is 6.61 Å². The molecule has 10 heteroatoms. The van der Waals surface area contributed by atoms with Gasteiger partial charge in [-0.3, -0.25) is 0 Å². The molecule has 9 nitrogen and oxygen atoms in total. The van der Waals surface area contributed by atoms with Crippen LogP contribution in [0.4, 0.5) is 4.79 Å². The van der Waals surface area contributed by atoms with Gasteiger partial charge in [-0.25, -0.2) is 9.78 Å². The van der Waals surface area contributed by atoms with E-state index in [2.05, 4.69) is 10.3 Å². The van der Waals surface area contributed by atoms with E-state index in [1.807, 2.05) is 57.5 Å². The van der Waals surface area contributed by atoms with Crippen LogP contribution in [0.5, 0.6) is 0 Å². The summed E-state index contributed by atoms with van der Waals surface area (Å²) in [6.07, 6.45) is 2.64. The summed E-state index contributed by atoms with van der Waals surface area (Å²) in [6.45, 7) is 11.4. The summed E-state index contributed by atoms with van der Waals surface area (Å²) < 4.78 is 33.6. The number of rotatable bonds is 15. The molecule has 212 valence electrons. The third-order valence-corrected chi connectivity index (χ3v) is 6.69. The molecule has 1 fully saturated rings. The predicted molar refractivity (Wildman–Crippen MR) is 146 cm³/mol. The van der Waals surface area contributed by atoms with Crippen molar-refractivity contribution in [1.29, 1.82) is 0 Å². The monoisotopic (exact) mass is 550 g/mol. The van der Waals surface area contributed by atoms with Crippen molar-refractivity contribution in [2.75, 3.05) is 52.9 Å². The Hall–Kier alpha value is -2.08. The lowest BCUT2D eigenvalue weighted by molar-refractivity contribution is -0.169. The number of nitrogens with one attached hydrogen (secondary N) is 1. The van der Waals surface area contributed by atoms with Gasteiger partial charge in [0.15, 0.2) is 6.29 Å². The van der Waals surface area contributed by atoms with Gasteiger partial charge in [0.25, 0.3) is 0 Å². The molecule has 1 aliphatic rings. The standard InChI is InChI=1S/C28H42N2O7S/c1-21-26(38-20-29-21)23-10-8-22(9-11-23)24(30-27(31)37-28(2,3)4)19-34-16-15-32-13-14-33-17-18-36-25-7-5-6-12-35-25/h8-11,20,24-25H,5-7,12-19H2,1-4H3,(H,30,31). The second-order valence-electron chi connectivity index (χ2n) is 10.1. The highest BCUT2D eigenvalue weighted by Crippen LogP contribution is 2.28. The van der Waals surface area contributed by atoms with Crippen LogP contribution in [-0.2, 0) is 28.4 Å². The van der Waals surface area contributed by atoms with Crippen LogP contribution in [0.15, 0.2) is 29.8 Å². The van der Waals surface area contributed by atoms with Crippen molar-refractivity contribution < 1.29 is 33.2 Å². The van der Waals surface area contributed by atoms with E-state index in [9.17, 15) is 4.79 Å². The zero-order valence-electron chi connectivity index (χ0n) is 23.0. The molecule has 0 aliphatic carbocycles. The number of nitrogens with zero attached hydrogens (tertiary/aromatic N) is 1. The molecule has 0 spiro atoms. The summed E-state index contributed by atoms with van der Waals surface area (Å²) in [5, 5.41) is 2.93. The smallest absolute Gasteiger partial charge is 0.408 e. The Morgan fingerprint density at radius 1 is 1.05 bits per heavy atom. The van der Waals surface area contributed by atoms with Crippen LogP contribution in [0.1, 0.15) is 57.3 Å². The van der Waals surface area contributed by atoms with Gasteiger partial charge in [0.2, 0.25) is 0 Å². The molecule has 3 rings (SSSR count). The first-order chi connectivity index (χ1) is 18.3. The van der Waals surface area contributed by atoms with Crippen LogP contribution in [0.25, 0.3) is 10.4 Å². The van der Waals surface area contributed by atoms with Crippen LogP contribution in [0.2, 0.25) is 0 Å². The first kappa shape index (κ1) is 30.5. The number of aromatic nitrogens is 1.